The van der Waals surface area contributed by atoms with Crippen LogP contribution in [0.15, 0.2) is 17.0 Å². The van der Waals surface area contributed by atoms with Gasteiger partial charge < -0.3 is 4.74 Å². The first-order valence-corrected chi connectivity index (χ1v) is 8.59. The molecule has 118 valence electrons. The molecule has 7 heteroatoms. The second-order valence-corrected chi connectivity index (χ2v) is 7.06. The van der Waals surface area contributed by atoms with Crippen molar-refractivity contribution in [3.05, 3.63) is 28.3 Å². The van der Waals surface area contributed by atoms with Crippen molar-refractivity contribution >= 4 is 27.6 Å². The van der Waals surface area contributed by atoms with Gasteiger partial charge in [0.1, 0.15) is 0 Å². The van der Waals surface area contributed by atoms with E-state index in [4.69, 9.17) is 21.5 Å². The predicted octanol–water partition coefficient (Wildman–Crippen LogP) is 2.89. The van der Waals surface area contributed by atoms with Crippen LogP contribution in [0.1, 0.15) is 42.6 Å². The molecule has 1 aromatic carbocycles. The van der Waals surface area contributed by atoms with Crippen molar-refractivity contribution in [3.63, 3.8) is 0 Å². The van der Waals surface area contributed by atoms with Gasteiger partial charge in [-0.05, 0) is 37.0 Å². The number of halogens is 1. The Hall–Kier alpha value is -1.11. The van der Waals surface area contributed by atoms with Crippen molar-refractivity contribution in [2.24, 2.45) is 11.1 Å². The zero-order chi connectivity index (χ0) is 16.2. The number of sulfonamides is 1. The van der Waals surface area contributed by atoms with Crippen molar-refractivity contribution < 1.29 is 17.9 Å². The standard InChI is InChI=1S/C14H20ClNO4S/c1-4-5-9(2)8-20-14(17)11-6-12(15)10(3)13(7-11)21(16,18)19/h6-7,9H,4-5,8H2,1-3H3,(H2,16,18,19). The summed E-state index contributed by atoms with van der Waals surface area (Å²) in [4.78, 5) is 11.8. The number of nitrogens with two attached hydrogens (primary N) is 1. The summed E-state index contributed by atoms with van der Waals surface area (Å²) in [5, 5.41) is 5.28. The summed E-state index contributed by atoms with van der Waals surface area (Å²) in [6.07, 6.45) is 1.95. The average molecular weight is 334 g/mol. The van der Waals surface area contributed by atoms with E-state index in [1.165, 1.54) is 19.1 Å². The van der Waals surface area contributed by atoms with Crippen LogP contribution in [-0.2, 0) is 14.8 Å². The molecule has 5 nitrogen and oxygen atoms in total. The largest absolute Gasteiger partial charge is 0.462 e. The van der Waals surface area contributed by atoms with Crippen LogP contribution in [0.5, 0.6) is 0 Å². The Kier molecular flexibility index (Phi) is 6.19. The molecule has 21 heavy (non-hydrogen) atoms. The van der Waals surface area contributed by atoms with Crippen molar-refractivity contribution in [3.8, 4) is 0 Å². The molecular formula is C14H20ClNO4S. The van der Waals surface area contributed by atoms with E-state index >= 15 is 0 Å². The zero-order valence-electron chi connectivity index (χ0n) is 12.3. The maximum atomic E-state index is 12.0. The highest BCUT2D eigenvalue weighted by Crippen LogP contribution is 2.25. The van der Waals surface area contributed by atoms with Crippen LogP contribution in [-0.4, -0.2) is 21.0 Å². The van der Waals surface area contributed by atoms with E-state index in [0.717, 1.165) is 12.8 Å². The Balaban J connectivity index is 2.99. The van der Waals surface area contributed by atoms with Crippen LogP contribution in [0.4, 0.5) is 0 Å². The number of esters is 1. The molecule has 1 unspecified atom stereocenters. The van der Waals surface area contributed by atoms with Crippen LogP contribution < -0.4 is 5.14 Å². The van der Waals surface area contributed by atoms with Crippen molar-refractivity contribution in [1.82, 2.24) is 0 Å². The summed E-state index contributed by atoms with van der Waals surface area (Å²) >= 11 is 5.95. The number of carbonyl (C=O) groups is 1. The lowest BCUT2D eigenvalue weighted by Gasteiger charge is -2.12. The Labute approximate surface area is 130 Å². The molecule has 0 bridgehead atoms. The summed E-state index contributed by atoms with van der Waals surface area (Å²) in [5.74, 6) is -0.359. The third-order valence-electron chi connectivity index (χ3n) is 3.12. The molecule has 0 fully saturated rings. The van der Waals surface area contributed by atoms with Crippen LogP contribution in [0, 0.1) is 12.8 Å². The van der Waals surface area contributed by atoms with Crippen LogP contribution in [0.2, 0.25) is 5.02 Å². The smallest absolute Gasteiger partial charge is 0.338 e. The maximum Gasteiger partial charge on any atom is 0.338 e. The van der Waals surface area contributed by atoms with Gasteiger partial charge in [-0.2, -0.15) is 0 Å². The third kappa shape index (κ3) is 4.98. The lowest BCUT2D eigenvalue weighted by molar-refractivity contribution is 0.0443. The Morgan fingerprint density at radius 2 is 2.05 bits per heavy atom. The average Bonchev–Trinajstić information content (AvgIpc) is 2.38. The predicted molar refractivity (Wildman–Crippen MR) is 81.9 cm³/mol. The first-order valence-electron chi connectivity index (χ1n) is 6.66. The molecule has 0 radical (unpaired) electrons. The minimum Gasteiger partial charge on any atom is -0.462 e. The Morgan fingerprint density at radius 3 is 2.57 bits per heavy atom. The molecule has 0 heterocycles. The first kappa shape index (κ1) is 17.9. The molecule has 0 saturated carbocycles. The molecule has 2 N–H and O–H groups in total. The van der Waals surface area contributed by atoms with Gasteiger partial charge in [0.2, 0.25) is 10.0 Å². The van der Waals surface area contributed by atoms with Crippen LogP contribution in [0.3, 0.4) is 0 Å². The number of primary sulfonamides is 1. The second-order valence-electron chi connectivity index (χ2n) is 5.12. The van der Waals surface area contributed by atoms with Gasteiger partial charge in [0.25, 0.3) is 0 Å². The second kappa shape index (κ2) is 7.24. The van der Waals surface area contributed by atoms with E-state index in [1.807, 2.05) is 6.92 Å². The fourth-order valence-electron chi connectivity index (χ4n) is 1.94. The molecule has 0 aliphatic carbocycles. The summed E-state index contributed by atoms with van der Waals surface area (Å²) in [7, 11) is -3.94. The van der Waals surface area contributed by atoms with Crippen molar-refractivity contribution in [1.29, 1.82) is 0 Å². The van der Waals surface area contributed by atoms with E-state index < -0.39 is 16.0 Å². The van der Waals surface area contributed by atoms with Gasteiger partial charge in [-0.1, -0.05) is 31.9 Å². The number of benzene rings is 1. The van der Waals surface area contributed by atoms with Crippen molar-refractivity contribution in [2.45, 2.75) is 38.5 Å². The number of rotatable bonds is 6. The molecule has 0 aromatic heterocycles. The van der Waals surface area contributed by atoms with Gasteiger partial charge in [-0.15, -0.1) is 0 Å². The van der Waals surface area contributed by atoms with E-state index in [-0.39, 0.29) is 28.0 Å². The summed E-state index contributed by atoms with van der Waals surface area (Å²) in [5.41, 5.74) is 0.397. The third-order valence-corrected chi connectivity index (χ3v) is 4.55. The molecule has 1 aromatic rings. The van der Waals surface area contributed by atoms with Gasteiger partial charge in [0.05, 0.1) is 17.1 Å². The van der Waals surface area contributed by atoms with Gasteiger partial charge in [0, 0.05) is 5.02 Å². The Morgan fingerprint density at radius 1 is 1.43 bits per heavy atom. The summed E-state index contributed by atoms with van der Waals surface area (Å²) in [6.45, 7) is 5.84. The number of hydrogen-bond acceptors (Lipinski definition) is 4. The van der Waals surface area contributed by atoms with E-state index in [9.17, 15) is 13.2 Å². The highest BCUT2D eigenvalue weighted by molar-refractivity contribution is 7.89. The SMILES string of the molecule is CCCC(C)COC(=O)c1cc(Cl)c(C)c(S(N)(=O)=O)c1. The molecule has 0 spiro atoms. The Bertz CT molecular complexity index is 628. The molecule has 0 aliphatic heterocycles. The fourth-order valence-corrected chi connectivity index (χ4v) is 3.05. The molecule has 1 atom stereocenters. The maximum absolute atomic E-state index is 12.0. The van der Waals surface area contributed by atoms with Crippen molar-refractivity contribution in [2.75, 3.05) is 6.61 Å². The van der Waals surface area contributed by atoms with E-state index in [0.29, 0.717) is 5.56 Å². The molecular weight excluding hydrogens is 314 g/mol. The highest BCUT2D eigenvalue weighted by atomic mass is 35.5. The van der Waals surface area contributed by atoms with Crippen LogP contribution >= 0.6 is 11.6 Å². The zero-order valence-corrected chi connectivity index (χ0v) is 13.9. The normalized spacial score (nSPS) is 13.0. The molecule has 0 aliphatic rings. The van der Waals surface area contributed by atoms with E-state index in [1.54, 1.807) is 0 Å². The quantitative estimate of drug-likeness (QED) is 0.811. The van der Waals surface area contributed by atoms with Gasteiger partial charge in [-0.25, -0.2) is 18.4 Å². The lowest BCUT2D eigenvalue weighted by Crippen LogP contribution is -2.16. The molecule has 0 saturated heterocycles. The lowest BCUT2D eigenvalue weighted by atomic mass is 10.1. The van der Waals surface area contributed by atoms with Gasteiger partial charge >= 0.3 is 5.97 Å². The topological polar surface area (TPSA) is 86.5 Å². The van der Waals surface area contributed by atoms with E-state index in [2.05, 4.69) is 6.92 Å². The molecule has 1 rings (SSSR count). The summed E-state index contributed by atoms with van der Waals surface area (Å²) in [6, 6.07) is 2.59. The highest BCUT2D eigenvalue weighted by Gasteiger charge is 2.19. The van der Waals surface area contributed by atoms with Gasteiger partial charge in [0.15, 0.2) is 0 Å². The van der Waals surface area contributed by atoms with Gasteiger partial charge in [-0.3, -0.25) is 0 Å². The minimum absolute atomic E-state index is 0.0818. The molecule has 0 amide bonds. The monoisotopic (exact) mass is 333 g/mol. The fraction of sp³-hybridized carbons (Fsp3) is 0.500. The number of carbonyl (C=O) groups excluding carboxylic acids is 1. The number of hydrogen-bond donors (Lipinski definition) is 1. The first-order chi connectivity index (χ1) is 9.66. The summed E-state index contributed by atoms with van der Waals surface area (Å²) < 4.78 is 28.2. The number of ether oxygens (including phenoxy) is 1. The van der Waals surface area contributed by atoms with Crippen LogP contribution in [0.25, 0.3) is 0 Å². The minimum atomic E-state index is -3.94.